The summed E-state index contributed by atoms with van der Waals surface area (Å²) in [6, 6.07) is 7.25. The molecule has 0 saturated carbocycles. The van der Waals surface area contributed by atoms with E-state index in [2.05, 4.69) is 4.90 Å². The zero-order chi connectivity index (χ0) is 12.7. The number of aliphatic hydroxyl groups excluding tert-OH is 1. The van der Waals surface area contributed by atoms with Gasteiger partial charge in [0.25, 0.3) is 0 Å². The Morgan fingerprint density at radius 1 is 1.28 bits per heavy atom. The Balaban J connectivity index is 1.92. The summed E-state index contributed by atoms with van der Waals surface area (Å²) >= 11 is 0. The minimum absolute atomic E-state index is 0.0862. The lowest BCUT2D eigenvalue weighted by Gasteiger charge is -2.39. The summed E-state index contributed by atoms with van der Waals surface area (Å²) in [6.45, 7) is 0. The van der Waals surface area contributed by atoms with Crippen LogP contribution in [0.1, 0.15) is 31.2 Å². The number of benzene rings is 1. The fourth-order valence-electron chi connectivity index (χ4n) is 3.33. The number of hydrogen-bond acceptors (Lipinski definition) is 3. The Morgan fingerprint density at radius 2 is 1.94 bits per heavy atom. The van der Waals surface area contributed by atoms with Gasteiger partial charge in [0.05, 0.1) is 11.7 Å². The van der Waals surface area contributed by atoms with Crippen LogP contribution in [0.3, 0.4) is 0 Å². The van der Waals surface area contributed by atoms with Crippen molar-refractivity contribution >= 4 is 5.69 Å². The predicted octanol–water partition coefficient (Wildman–Crippen LogP) is 2.19. The number of anilines is 1. The van der Waals surface area contributed by atoms with Crippen LogP contribution < -0.4 is 4.90 Å². The lowest BCUT2D eigenvalue weighted by molar-refractivity contribution is 0.126. The van der Waals surface area contributed by atoms with Gasteiger partial charge in [-0.05, 0) is 43.9 Å². The van der Waals surface area contributed by atoms with Gasteiger partial charge in [0.15, 0.2) is 0 Å². The number of aliphatic hydroxyl groups is 1. The van der Waals surface area contributed by atoms with Gasteiger partial charge in [-0.15, -0.1) is 0 Å². The maximum absolute atomic E-state index is 13.7. The molecule has 2 fully saturated rings. The third kappa shape index (κ3) is 1.75. The maximum atomic E-state index is 13.7. The van der Waals surface area contributed by atoms with Crippen LogP contribution in [0, 0.1) is 17.1 Å². The lowest BCUT2D eigenvalue weighted by atomic mass is 9.99. The van der Waals surface area contributed by atoms with E-state index < -0.39 is 5.82 Å². The molecule has 0 aliphatic carbocycles. The fraction of sp³-hybridized carbons (Fsp3) is 0.500. The first kappa shape index (κ1) is 11.5. The predicted molar refractivity (Wildman–Crippen MR) is 65.6 cm³/mol. The van der Waals surface area contributed by atoms with E-state index in [1.54, 1.807) is 0 Å². The molecule has 4 heteroatoms. The monoisotopic (exact) mass is 246 g/mol. The first-order chi connectivity index (χ1) is 8.69. The third-order valence-corrected chi connectivity index (χ3v) is 4.08. The van der Waals surface area contributed by atoms with Crippen molar-refractivity contribution in [2.75, 3.05) is 4.90 Å². The summed E-state index contributed by atoms with van der Waals surface area (Å²) in [5, 5.41) is 18.5. The summed E-state index contributed by atoms with van der Waals surface area (Å²) in [4.78, 5) is 2.22. The Bertz CT molecular complexity index is 497. The van der Waals surface area contributed by atoms with Crippen molar-refractivity contribution in [1.82, 2.24) is 0 Å². The van der Waals surface area contributed by atoms with Crippen LogP contribution in [0.4, 0.5) is 10.1 Å². The van der Waals surface area contributed by atoms with Crippen LogP contribution in [-0.4, -0.2) is 23.3 Å². The van der Waals surface area contributed by atoms with Crippen molar-refractivity contribution in [3.05, 3.63) is 29.6 Å². The molecular formula is C14H15FN2O. The van der Waals surface area contributed by atoms with Crippen molar-refractivity contribution in [3.8, 4) is 6.07 Å². The van der Waals surface area contributed by atoms with Gasteiger partial charge in [0.1, 0.15) is 11.9 Å². The van der Waals surface area contributed by atoms with E-state index in [-0.39, 0.29) is 11.7 Å². The molecular weight excluding hydrogens is 231 g/mol. The first-order valence-corrected chi connectivity index (χ1v) is 6.35. The van der Waals surface area contributed by atoms with E-state index in [0.717, 1.165) is 31.4 Å². The van der Waals surface area contributed by atoms with Crippen LogP contribution in [0.2, 0.25) is 0 Å². The standard InChI is InChI=1S/C14H15FN2O/c15-14-7-12(2-1-9(14)8-16)17-10-3-4-11(17)6-13(18)5-10/h1-2,7,10-11,13,18H,3-6H2/t10-,11+,13+. The van der Waals surface area contributed by atoms with Crippen LogP contribution in [0.5, 0.6) is 0 Å². The summed E-state index contributed by atoms with van der Waals surface area (Å²) in [6.07, 6.45) is 3.42. The highest BCUT2D eigenvalue weighted by molar-refractivity contribution is 5.53. The number of nitriles is 1. The summed E-state index contributed by atoms with van der Waals surface area (Å²) in [5.41, 5.74) is 0.925. The largest absolute Gasteiger partial charge is 0.393 e. The Labute approximate surface area is 105 Å². The Hall–Kier alpha value is -1.60. The van der Waals surface area contributed by atoms with Gasteiger partial charge in [-0.2, -0.15) is 5.26 Å². The molecule has 1 aromatic carbocycles. The van der Waals surface area contributed by atoms with Gasteiger partial charge >= 0.3 is 0 Å². The highest BCUT2D eigenvalue weighted by Gasteiger charge is 2.40. The zero-order valence-electron chi connectivity index (χ0n) is 10.0. The molecule has 2 aliphatic heterocycles. The summed E-state index contributed by atoms with van der Waals surface area (Å²) in [5.74, 6) is -0.458. The molecule has 2 aliphatic rings. The second-order valence-corrected chi connectivity index (χ2v) is 5.19. The third-order valence-electron chi connectivity index (χ3n) is 4.08. The molecule has 2 heterocycles. The van der Waals surface area contributed by atoms with Crippen molar-refractivity contribution in [3.63, 3.8) is 0 Å². The van der Waals surface area contributed by atoms with E-state index >= 15 is 0 Å². The average molecular weight is 246 g/mol. The molecule has 94 valence electrons. The van der Waals surface area contributed by atoms with Gasteiger partial charge < -0.3 is 10.0 Å². The molecule has 1 N–H and O–H groups in total. The van der Waals surface area contributed by atoms with Crippen molar-refractivity contribution in [1.29, 1.82) is 5.26 Å². The molecule has 1 aromatic rings. The number of nitrogens with zero attached hydrogens (tertiary/aromatic N) is 2. The second kappa shape index (κ2) is 4.25. The van der Waals surface area contributed by atoms with Gasteiger partial charge in [0.2, 0.25) is 0 Å². The summed E-state index contributed by atoms with van der Waals surface area (Å²) in [7, 11) is 0. The molecule has 0 aromatic heterocycles. The van der Waals surface area contributed by atoms with Crippen LogP contribution in [0.25, 0.3) is 0 Å². The Kier molecular flexibility index (Phi) is 2.71. The van der Waals surface area contributed by atoms with Crippen molar-refractivity contribution in [2.24, 2.45) is 0 Å². The van der Waals surface area contributed by atoms with Gasteiger partial charge in [-0.25, -0.2) is 4.39 Å². The molecule has 18 heavy (non-hydrogen) atoms. The van der Waals surface area contributed by atoms with E-state index in [9.17, 15) is 9.50 Å². The zero-order valence-corrected chi connectivity index (χ0v) is 10.0. The van der Waals surface area contributed by atoms with E-state index in [0.29, 0.717) is 12.1 Å². The molecule has 3 atom stereocenters. The second-order valence-electron chi connectivity index (χ2n) is 5.19. The van der Waals surface area contributed by atoms with Gasteiger partial charge in [-0.3, -0.25) is 0 Å². The van der Waals surface area contributed by atoms with Gasteiger partial charge in [-0.1, -0.05) is 0 Å². The average Bonchev–Trinajstić information content (AvgIpc) is 2.61. The molecule has 0 spiro atoms. The smallest absolute Gasteiger partial charge is 0.143 e. The van der Waals surface area contributed by atoms with E-state index in [4.69, 9.17) is 5.26 Å². The molecule has 0 amide bonds. The van der Waals surface area contributed by atoms with E-state index in [1.807, 2.05) is 12.1 Å². The number of piperidine rings is 1. The Morgan fingerprint density at radius 3 is 2.50 bits per heavy atom. The quantitative estimate of drug-likeness (QED) is 0.826. The highest BCUT2D eigenvalue weighted by Crippen LogP contribution is 2.39. The molecule has 0 unspecified atom stereocenters. The molecule has 3 rings (SSSR count). The minimum atomic E-state index is -0.458. The minimum Gasteiger partial charge on any atom is -0.393 e. The number of fused-ring (bicyclic) bond motifs is 2. The number of halogens is 1. The lowest BCUT2D eigenvalue weighted by Crippen LogP contribution is -2.44. The van der Waals surface area contributed by atoms with Crippen LogP contribution in [0.15, 0.2) is 18.2 Å². The fourth-order valence-corrected chi connectivity index (χ4v) is 3.33. The van der Waals surface area contributed by atoms with Crippen molar-refractivity contribution in [2.45, 2.75) is 43.9 Å². The normalized spacial score (nSPS) is 30.3. The SMILES string of the molecule is N#Cc1ccc(N2[C@@H]3CC[C@H]2C[C@@H](O)C3)cc1F. The van der Waals surface area contributed by atoms with E-state index in [1.165, 1.54) is 12.1 Å². The van der Waals surface area contributed by atoms with Crippen LogP contribution in [-0.2, 0) is 0 Å². The van der Waals surface area contributed by atoms with Crippen molar-refractivity contribution < 1.29 is 9.50 Å². The van der Waals surface area contributed by atoms with Gasteiger partial charge in [0, 0.05) is 17.8 Å². The number of hydrogen-bond donors (Lipinski definition) is 1. The molecule has 3 nitrogen and oxygen atoms in total. The first-order valence-electron chi connectivity index (χ1n) is 6.35. The number of rotatable bonds is 1. The van der Waals surface area contributed by atoms with Crippen LogP contribution >= 0.6 is 0 Å². The maximum Gasteiger partial charge on any atom is 0.143 e. The highest BCUT2D eigenvalue weighted by atomic mass is 19.1. The molecule has 2 bridgehead atoms. The molecule has 2 saturated heterocycles. The molecule has 0 radical (unpaired) electrons. The topological polar surface area (TPSA) is 47.3 Å². The summed E-state index contributed by atoms with van der Waals surface area (Å²) < 4.78 is 13.7.